The summed E-state index contributed by atoms with van der Waals surface area (Å²) in [5.41, 5.74) is 0.161. The van der Waals surface area contributed by atoms with Crippen molar-refractivity contribution in [1.82, 2.24) is 0 Å². The molecule has 0 spiro atoms. The van der Waals surface area contributed by atoms with Crippen molar-refractivity contribution < 1.29 is 4.92 Å². The molecule has 0 atom stereocenters. The fourth-order valence-corrected chi connectivity index (χ4v) is 1.72. The van der Waals surface area contributed by atoms with Crippen LogP contribution in [0.3, 0.4) is 0 Å². The monoisotopic (exact) mass is 186 g/mol. The summed E-state index contributed by atoms with van der Waals surface area (Å²) in [6.45, 7) is 3.90. The van der Waals surface area contributed by atoms with Crippen LogP contribution in [-0.2, 0) is 0 Å². The normalized spacial score (nSPS) is 10.2. The molecule has 12 heavy (non-hydrogen) atoms. The van der Waals surface area contributed by atoms with E-state index in [0.717, 1.165) is 0 Å². The minimum atomic E-state index is -0.374. The van der Waals surface area contributed by atoms with Gasteiger partial charge in [-0.1, -0.05) is 0 Å². The average Bonchev–Trinajstić information content (AvgIpc) is 2.33. The Morgan fingerprint density at radius 2 is 2.33 bits per heavy atom. The van der Waals surface area contributed by atoms with E-state index in [1.165, 1.54) is 17.4 Å². The van der Waals surface area contributed by atoms with E-state index in [9.17, 15) is 10.1 Å². The van der Waals surface area contributed by atoms with Crippen LogP contribution in [0.5, 0.6) is 0 Å². The van der Waals surface area contributed by atoms with Crippen LogP contribution in [0.1, 0.15) is 13.8 Å². The Bertz CT molecular complexity index is 283. The van der Waals surface area contributed by atoms with Gasteiger partial charge in [-0.15, -0.1) is 11.3 Å². The molecule has 0 fully saturated rings. The van der Waals surface area contributed by atoms with Gasteiger partial charge in [0.15, 0.2) is 5.00 Å². The third-order valence-electron chi connectivity index (χ3n) is 1.26. The summed E-state index contributed by atoms with van der Waals surface area (Å²) in [4.78, 5) is 10.1. The van der Waals surface area contributed by atoms with Crippen molar-refractivity contribution in [1.29, 1.82) is 0 Å². The fraction of sp³-hybridized carbons (Fsp3) is 0.429. The first-order chi connectivity index (χ1) is 5.61. The maximum Gasteiger partial charge on any atom is 0.303 e. The van der Waals surface area contributed by atoms with E-state index in [1.54, 1.807) is 5.38 Å². The second-order valence-electron chi connectivity index (χ2n) is 2.69. The Kier molecular flexibility index (Phi) is 2.65. The lowest BCUT2D eigenvalue weighted by molar-refractivity contribution is -0.383. The predicted molar refractivity (Wildman–Crippen MR) is 49.7 cm³/mol. The molecule has 0 aliphatic heterocycles. The minimum absolute atomic E-state index is 0.161. The van der Waals surface area contributed by atoms with Gasteiger partial charge in [0.25, 0.3) is 0 Å². The molecule has 1 heterocycles. The summed E-state index contributed by atoms with van der Waals surface area (Å²) in [6.07, 6.45) is 0. The lowest BCUT2D eigenvalue weighted by Crippen LogP contribution is -2.09. The average molecular weight is 186 g/mol. The second kappa shape index (κ2) is 3.53. The van der Waals surface area contributed by atoms with Crippen LogP contribution in [0.25, 0.3) is 0 Å². The van der Waals surface area contributed by atoms with Crippen molar-refractivity contribution in [2.24, 2.45) is 0 Å². The van der Waals surface area contributed by atoms with Gasteiger partial charge in [-0.3, -0.25) is 10.1 Å². The van der Waals surface area contributed by atoms with Gasteiger partial charge < -0.3 is 5.32 Å². The number of hydrogen-bond acceptors (Lipinski definition) is 4. The molecule has 1 aromatic rings. The molecule has 0 aliphatic rings. The third kappa shape index (κ3) is 1.94. The zero-order valence-electron chi connectivity index (χ0n) is 6.90. The summed E-state index contributed by atoms with van der Waals surface area (Å²) in [5, 5.41) is 15.8. The van der Waals surface area contributed by atoms with Gasteiger partial charge in [0, 0.05) is 12.1 Å². The smallest absolute Gasteiger partial charge is 0.303 e. The third-order valence-corrected chi connectivity index (χ3v) is 2.10. The Morgan fingerprint density at radius 3 is 2.83 bits per heavy atom. The topological polar surface area (TPSA) is 55.2 Å². The summed E-state index contributed by atoms with van der Waals surface area (Å²) in [5.74, 6) is 0. The van der Waals surface area contributed by atoms with Crippen LogP contribution >= 0.6 is 11.3 Å². The van der Waals surface area contributed by atoms with E-state index < -0.39 is 0 Å². The van der Waals surface area contributed by atoms with E-state index in [2.05, 4.69) is 5.32 Å². The first-order valence-corrected chi connectivity index (χ1v) is 4.47. The van der Waals surface area contributed by atoms with Crippen molar-refractivity contribution in [3.8, 4) is 0 Å². The van der Waals surface area contributed by atoms with Crippen LogP contribution in [-0.4, -0.2) is 11.0 Å². The Hall–Kier alpha value is -1.10. The molecule has 5 heteroatoms. The number of anilines is 1. The highest BCUT2D eigenvalue weighted by atomic mass is 32.1. The van der Waals surface area contributed by atoms with Crippen LogP contribution in [0.2, 0.25) is 0 Å². The number of thiophene rings is 1. The Balaban J connectivity index is 2.84. The zero-order chi connectivity index (χ0) is 9.14. The Morgan fingerprint density at radius 1 is 1.67 bits per heavy atom. The molecule has 0 aliphatic carbocycles. The first kappa shape index (κ1) is 8.99. The predicted octanol–water partition coefficient (Wildman–Crippen LogP) is 2.48. The maximum atomic E-state index is 10.4. The van der Waals surface area contributed by atoms with E-state index in [4.69, 9.17) is 0 Å². The van der Waals surface area contributed by atoms with E-state index >= 15 is 0 Å². The highest BCUT2D eigenvalue weighted by Crippen LogP contribution is 2.30. The quantitative estimate of drug-likeness (QED) is 0.582. The van der Waals surface area contributed by atoms with Gasteiger partial charge in [-0.25, -0.2) is 0 Å². The molecule has 4 nitrogen and oxygen atoms in total. The molecule has 1 N–H and O–H groups in total. The standard InChI is InChI=1S/C7H10N2O2S/c1-5(2)8-7-6(9(10)11)3-4-12-7/h3-5,8H,1-2H3. The van der Waals surface area contributed by atoms with Crippen molar-refractivity contribution >= 4 is 22.0 Å². The molecular formula is C7H10N2O2S. The van der Waals surface area contributed by atoms with E-state index in [1.807, 2.05) is 13.8 Å². The number of hydrogen-bond donors (Lipinski definition) is 1. The summed E-state index contributed by atoms with van der Waals surface area (Å²) in [7, 11) is 0. The van der Waals surface area contributed by atoms with Crippen molar-refractivity contribution in [2.75, 3.05) is 5.32 Å². The van der Waals surface area contributed by atoms with Gasteiger partial charge in [0.2, 0.25) is 0 Å². The lowest BCUT2D eigenvalue weighted by Gasteiger charge is -2.05. The van der Waals surface area contributed by atoms with Gasteiger partial charge in [0.1, 0.15) is 0 Å². The summed E-state index contributed by atoms with van der Waals surface area (Å²) >= 11 is 1.35. The number of nitrogens with one attached hydrogen (secondary N) is 1. The van der Waals surface area contributed by atoms with E-state index in [-0.39, 0.29) is 16.7 Å². The molecular weight excluding hydrogens is 176 g/mol. The number of rotatable bonds is 3. The van der Waals surface area contributed by atoms with Gasteiger partial charge in [0.05, 0.1) is 4.92 Å². The van der Waals surface area contributed by atoms with Crippen LogP contribution in [0, 0.1) is 10.1 Å². The SMILES string of the molecule is CC(C)Nc1sccc1[N+](=O)[O-]. The van der Waals surface area contributed by atoms with Gasteiger partial charge in [-0.05, 0) is 19.2 Å². The van der Waals surface area contributed by atoms with Crippen LogP contribution < -0.4 is 5.32 Å². The maximum absolute atomic E-state index is 10.4. The largest absolute Gasteiger partial charge is 0.369 e. The first-order valence-electron chi connectivity index (χ1n) is 3.59. The second-order valence-corrected chi connectivity index (χ2v) is 3.61. The summed E-state index contributed by atoms with van der Waals surface area (Å²) in [6, 6.07) is 1.73. The number of nitro groups is 1. The van der Waals surface area contributed by atoms with Crippen molar-refractivity contribution in [3.05, 3.63) is 21.6 Å². The van der Waals surface area contributed by atoms with Crippen LogP contribution in [0.15, 0.2) is 11.4 Å². The molecule has 0 radical (unpaired) electrons. The van der Waals surface area contributed by atoms with Gasteiger partial charge in [-0.2, -0.15) is 0 Å². The summed E-state index contributed by atoms with van der Waals surface area (Å²) < 4.78 is 0. The van der Waals surface area contributed by atoms with Crippen molar-refractivity contribution in [3.63, 3.8) is 0 Å². The molecule has 0 aromatic carbocycles. The van der Waals surface area contributed by atoms with Crippen molar-refractivity contribution in [2.45, 2.75) is 19.9 Å². The molecule has 0 bridgehead atoms. The number of nitrogens with zero attached hydrogens (tertiary/aromatic N) is 1. The molecule has 1 rings (SSSR count). The van der Waals surface area contributed by atoms with E-state index in [0.29, 0.717) is 5.00 Å². The molecule has 0 saturated carbocycles. The highest BCUT2D eigenvalue weighted by Gasteiger charge is 2.14. The molecule has 0 saturated heterocycles. The van der Waals surface area contributed by atoms with Crippen LogP contribution in [0.4, 0.5) is 10.7 Å². The molecule has 66 valence electrons. The Labute approximate surface area is 74.4 Å². The molecule has 1 aromatic heterocycles. The van der Waals surface area contributed by atoms with Gasteiger partial charge >= 0.3 is 5.69 Å². The minimum Gasteiger partial charge on any atom is -0.369 e. The zero-order valence-corrected chi connectivity index (χ0v) is 7.72. The molecule has 0 unspecified atom stereocenters. The fourth-order valence-electron chi connectivity index (χ4n) is 0.816. The molecule has 0 amide bonds. The lowest BCUT2D eigenvalue weighted by atomic mass is 10.4. The highest BCUT2D eigenvalue weighted by molar-refractivity contribution is 7.14.